The van der Waals surface area contributed by atoms with Gasteiger partial charge in [0.05, 0.1) is 17.8 Å². The van der Waals surface area contributed by atoms with Crippen molar-refractivity contribution in [2.75, 3.05) is 0 Å². The fourth-order valence-corrected chi connectivity index (χ4v) is 3.78. The first-order valence-electron chi connectivity index (χ1n) is 8.81. The number of aliphatic hydroxyl groups excluding tert-OH is 1. The van der Waals surface area contributed by atoms with E-state index in [-0.39, 0.29) is 6.10 Å². The molecule has 1 aliphatic rings. The van der Waals surface area contributed by atoms with Crippen LogP contribution in [0, 0.1) is 11.8 Å². The van der Waals surface area contributed by atoms with Crippen molar-refractivity contribution < 1.29 is 5.11 Å². The number of aliphatic hydroxyl groups is 1. The molecule has 1 N–H and O–H groups in total. The second-order valence-corrected chi connectivity index (χ2v) is 6.80. The second kappa shape index (κ2) is 6.95. The van der Waals surface area contributed by atoms with Gasteiger partial charge < -0.3 is 5.11 Å². The van der Waals surface area contributed by atoms with E-state index in [4.69, 9.17) is 5.10 Å². The molecule has 1 aromatic heterocycles. The maximum atomic E-state index is 10.4. The summed E-state index contributed by atoms with van der Waals surface area (Å²) in [5, 5.41) is 15.3. The van der Waals surface area contributed by atoms with E-state index >= 15 is 0 Å². The predicted molar refractivity (Wildman–Crippen MR) is 87.4 cm³/mol. The summed E-state index contributed by atoms with van der Waals surface area (Å²) in [6, 6.07) is 0.522. The molecule has 3 heteroatoms. The average Bonchev–Trinajstić information content (AvgIpc) is 2.87. The highest BCUT2D eigenvalue weighted by molar-refractivity contribution is 5.29. The maximum absolute atomic E-state index is 10.4. The second-order valence-electron chi connectivity index (χ2n) is 6.80. The molecule has 2 rings (SSSR count). The first-order chi connectivity index (χ1) is 10.0. The third-order valence-electron chi connectivity index (χ3n) is 5.43. The van der Waals surface area contributed by atoms with E-state index in [0.29, 0.717) is 6.04 Å². The molecule has 1 saturated carbocycles. The van der Waals surface area contributed by atoms with Crippen LogP contribution >= 0.6 is 0 Å². The molecule has 1 aromatic rings. The minimum Gasteiger partial charge on any atom is -0.388 e. The Bertz CT molecular complexity index is 466. The van der Waals surface area contributed by atoms with E-state index < -0.39 is 0 Å². The van der Waals surface area contributed by atoms with Crippen LogP contribution in [0.3, 0.4) is 0 Å². The number of hydrogen-bond acceptors (Lipinski definition) is 2. The zero-order chi connectivity index (χ0) is 15.6. The molecule has 21 heavy (non-hydrogen) atoms. The fraction of sp³-hybridized carbons (Fsp3) is 0.833. The molecule has 0 amide bonds. The topological polar surface area (TPSA) is 38.0 Å². The summed E-state index contributed by atoms with van der Waals surface area (Å²) in [7, 11) is 0. The van der Waals surface area contributed by atoms with Gasteiger partial charge in [-0.15, -0.1) is 0 Å². The van der Waals surface area contributed by atoms with Gasteiger partial charge in [0.2, 0.25) is 0 Å². The van der Waals surface area contributed by atoms with E-state index in [1.165, 1.54) is 25.0 Å². The summed E-state index contributed by atoms with van der Waals surface area (Å²) in [5.41, 5.74) is 3.49. The van der Waals surface area contributed by atoms with Crippen molar-refractivity contribution >= 4 is 0 Å². The van der Waals surface area contributed by atoms with E-state index in [1.54, 1.807) is 0 Å². The van der Waals surface area contributed by atoms with E-state index in [2.05, 4.69) is 32.4 Å². The minimum atomic E-state index is -0.358. The Labute approximate surface area is 129 Å². The maximum Gasteiger partial charge on any atom is 0.0823 e. The SMILES string of the molecule is CCc1nn(C2CCC(C)C(C)C2)c(CC)c1C(O)CC. The third-order valence-corrected chi connectivity index (χ3v) is 5.43. The number of hydrogen-bond donors (Lipinski definition) is 1. The average molecular weight is 292 g/mol. The molecule has 4 unspecified atom stereocenters. The lowest BCUT2D eigenvalue weighted by Crippen LogP contribution is -2.25. The Hall–Kier alpha value is -0.830. The van der Waals surface area contributed by atoms with Gasteiger partial charge in [-0.1, -0.05) is 34.6 Å². The molecule has 3 nitrogen and oxygen atoms in total. The molecule has 0 spiro atoms. The molecule has 0 bridgehead atoms. The van der Waals surface area contributed by atoms with Crippen molar-refractivity contribution in [3.05, 3.63) is 17.0 Å². The smallest absolute Gasteiger partial charge is 0.0823 e. The van der Waals surface area contributed by atoms with Crippen molar-refractivity contribution in [1.82, 2.24) is 9.78 Å². The van der Waals surface area contributed by atoms with Crippen LogP contribution in [0.4, 0.5) is 0 Å². The lowest BCUT2D eigenvalue weighted by Gasteiger charge is -2.33. The predicted octanol–water partition coefficient (Wildman–Crippen LogP) is 4.45. The van der Waals surface area contributed by atoms with Gasteiger partial charge >= 0.3 is 0 Å². The van der Waals surface area contributed by atoms with Gasteiger partial charge in [0.15, 0.2) is 0 Å². The molecular weight excluding hydrogens is 260 g/mol. The highest BCUT2D eigenvalue weighted by Crippen LogP contribution is 2.38. The number of aryl methyl sites for hydroxylation is 1. The fourth-order valence-electron chi connectivity index (χ4n) is 3.78. The summed E-state index contributed by atoms with van der Waals surface area (Å²) in [5.74, 6) is 1.59. The number of nitrogens with zero attached hydrogens (tertiary/aromatic N) is 2. The number of aromatic nitrogens is 2. The van der Waals surface area contributed by atoms with Crippen LogP contribution in [0.25, 0.3) is 0 Å². The summed E-state index contributed by atoms with van der Waals surface area (Å²) in [6.45, 7) is 11.1. The Kier molecular flexibility index (Phi) is 5.48. The monoisotopic (exact) mass is 292 g/mol. The van der Waals surface area contributed by atoms with Gasteiger partial charge in [0.1, 0.15) is 0 Å². The normalized spacial score (nSPS) is 27.8. The molecule has 0 aromatic carbocycles. The molecule has 4 atom stereocenters. The van der Waals surface area contributed by atoms with Crippen LogP contribution in [0.2, 0.25) is 0 Å². The van der Waals surface area contributed by atoms with Gasteiger partial charge in [-0.05, 0) is 50.4 Å². The Balaban J connectivity index is 2.37. The van der Waals surface area contributed by atoms with Crippen molar-refractivity contribution in [2.24, 2.45) is 11.8 Å². The van der Waals surface area contributed by atoms with E-state index in [9.17, 15) is 5.11 Å². The van der Waals surface area contributed by atoms with Crippen molar-refractivity contribution in [3.63, 3.8) is 0 Å². The van der Waals surface area contributed by atoms with Crippen molar-refractivity contribution in [3.8, 4) is 0 Å². The molecule has 0 aliphatic heterocycles. The molecular formula is C18H32N2O. The lowest BCUT2D eigenvalue weighted by atomic mass is 9.79. The summed E-state index contributed by atoms with van der Waals surface area (Å²) >= 11 is 0. The molecule has 1 fully saturated rings. The standard InChI is InChI=1S/C18H32N2O/c1-6-15-18(17(21)8-3)16(7-2)20(19-15)14-10-9-12(4)13(5)11-14/h12-14,17,21H,6-11H2,1-5H3. The zero-order valence-electron chi connectivity index (χ0n) is 14.4. The first-order valence-corrected chi connectivity index (χ1v) is 8.81. The molecule has 120 valence electrons. The molecule has 0 saturated heterocycles. The first kappa shape index (κ1) is 16.5. The Morgan fingerprint density at radius 3 is 2.38 bits per heavy atom. The quantitative estimate of drug-likeness (QED) is 0.870. The molecule has 1 heterocycles. The number of rotatable bonds is 5. The zero-order valence-corrected chi connectivity index (χ0v) is 14.4. The highest BCUT2D eigenvalue weighted by atomic mass is 16.3. The van der Waals surface area contributed by atoms with Crippen LogP contribution in [0.15, 0.2) is 0 Å². The lowest BCUT2D eigenvalue weighted by molar-refractivity contribution is 0.170. The summed E-state index contributed by atoms with van der Waals surface area (Å²) in [6.07, 6.45) is 6.02. The highest BCUT2D eigenvalue weighted by Gasteiger charge is 2.30. The van der Waals surface area contributed by atoms with Crippen molar-refractivity contribution in [2.45, 2.75) is 85.3 Å². The summed E-state index contributed by atoms with van der Waals surface area (Å²) in [4.78, 5) is 0. The minimum absolute atomic E-state index is 0.358. The van der Waals surface area contributed by atoms with Gasteiger partial charge in [0.25, 0.3) is 0 Å². The van der Waals surface area contributed by atoms with E-state index in [0.717, 1.165) is 42.4 Å². The van der Waals surface area contributed by atoms with Crippen LogP contribution in [-0.2, 0) is 12.8 Å². The van der Waals surface area contributed by atoms with Crippen molar-refractivity contribution in [1.29, 1.82) is 0 Å². The largest absolute Gasteiger partial charge is 0.388 e. The van der Waals surface area contributed by atoms with Crippen LogP contribution < -0.4 is 0 Å². The van der Waals surface area contributed by atoms with Gasteiger partial charge in [-0.25, -0.2) is 0 Å². The Morgan fingerprint density at radius 2 is 1.86 bits per heavy atom. The third kappa shape index (κ3) is 3.18. The Morgan fingerprint density at radius 1 is 1.14 bits per heavy atom. The van der Waals surface area contributed by atoms with Gasteiger partial charge in [0, 0.05) is 11.3 Å². The summed E-state index contributed by atoms with van der Waals surface area (Å²) < 4.78 is 2.27. The van der Waals surface area contributed by atoms with E-state index in [1.807, 2.05) is 6.92 Å². The van der Waals surface area contributed by atoms with Crippen LogP contribution in [0.5, 0.6) is 0 Å². The van der Waals surface area contributed by atoms with Crippen LogP contribution in [-0.4, -0.2) is 14.9 Å². The molecule has 0 radical (unpaired) electrons. The van der Waals surface area contributed by atoms with Gasteiger partial charge in [-0.2, -0.15) is 5.10 Å². The van der Waals surface area contributed by atoms with Gasteiger partial charge in [-0.3, -0.25) is 4.68 Å². The molecule has 1 aliphatic carbocycles. The van der Waals surface area contributed by atoms with Crippen LogP contribution in [0.1, 0.15) is 89.4 Å².